The average Bonchev–Trinajstić information content (AvgIpc) is 2.81. The topological polar surface area (TPSA) is 59.9 Å². The Hall–Kier alpha value is -3.73. The minimum absolute atomic E-state index is 0.452. The van der Waals surface area contributed by atoms with Gasteiger partial charge in [0.25, 0.3) is 0 Å². The van der Waals surface area contributed by atoms with Gasteiger partial charge in [-0.25, -0.2) is 4.98 Å². The van der Waals surface area contributed by atoms with Crippen LogP contribution in [0.2, 0.25) is 0 Å². The van der Waals surface area contributed by atoms with Gasteiger partial charge in [0.1, 0.15) is 17.1 Å². The quantitative estimate of drug-likeness (QED) is 0.363. The summed E-state index contributed by atoms with van der Waals surface area (Å²) in [5, 5.41) is 12.1. The molecule has 0 radical (unpaired) electrons. The molecule has 0 aliphatic heterocycles. The maximum Gasteiger partial charge on any atom is 0.247 e. The molecule has 0 aliphatic carbocycles. The fourth-order valence-corrected chi connectivity index (χ4v) is 3.06. The van der Waals surface area contributed by atoms with E-state index in [-0.39, 0.29) is 0 Å². The molecule has 0 bridgehead atoms. The molecule has 150 valence electrons. The lowest BCUT2D eigenvalue weighted by Gasteiger charge is -2.11. The smallest absolute Gasteiger partial charge is 0.247 e. The zero-order valence-electron chi connectivity index (χ0n) is 17.0. The molecule has 0 saturated heterocycles. The Morgan fingerprint density at radius 2 is 1.37 bits per heavy atom. The number of hydrogen-bond donors (Lipinski definition) is 1. The lowest BCUT2D eigenvalue weighted by Crippen LogP contribution is -2.03. The van der Waals surface area contributed by atoms with Gasteiger partial charge < -0.3 is 10.1 Å². The number of ether oxygens (including phenoxy) is 1. The second kappa shape index (κ2) is 9.65. The van der Waals surface area contributed by atoms with Crippen molar-refractivity contribution in [1.82, 2.24) is 15.2 Å². The SMILES string of the molecule is CCCCOc1ccc(Nc2nnc(-c3ccccc3)c(-c3ccccc3)n2)cc1. The third-order valence-electron chi connectivity index (χ3n) is 4.66. The van der Waals surface area contributed by atoms with E-state index in [4.69, 9.17) is 9.72 Å². The monoisotopic (exact) mass is 396 g/mol. The lowest BCUT2D eigenvalue weighted by molar-refractivity contribution is 0.309. The third kappa shape index (κ3) is 4.81. The van der Waals surface area contributed by atoms with Crippen LogP contribution in [0.15, 0.2) is 84.9 Å². The van der Waals surface area contributed by atoms with Gasteiger partial charge in [-0.05, 0) is 30.7 Å². The first kappa shape index (κ1) is 19.6. The van der Waals surface area contributed by atoms with Crippen LogP contribution in [0.4, 0.5) is 11.6 Å². The standard InChI is InChI=1S/C25H24N4O/c1-2-3-18-30-22-16-14-21(15-17-22)26-25-27-23(19-10-6-4-7-11-19)24(28-29-25)20-12-8-5-9-13-20/h4-17H,2-3,18H2,1H3,(H,26,27,29). The molecule has 5 heteroatoms. The minimum atomic E-state index is 0.452. The second-order valence-corrected chi connectivity index (χ2v) is 6.92. The number of benzene rings is 3. The van der Waals surface area contributed by atoms with Gasteiger partial charge in [-0.1, -0.05) is 74.0 Å². The predicted octanol–water partition coefficient (Wildman–Crippen LogP) is 6.13. The van der Waals surface area contributed by atoms with E-state index in [1.54, 1.807) is 0 Å². The highest BCUT2D eigenvalue weighted by Gasteiger charge is 2.13. The van der Waals surface area contributed by atoms with Gasteiger partial charge in [0.15, 0.2) is 0 Å². The first-order chi connectivity index (χ1) is 14.8. The number of anilines is 2. The fraction of sp³-hybridized carbons (Fsp3) is 0.160. The molecule has 4 rings (SSSR count). The molecule has 0 fully saturated rings. The van der Waals surface area contributed by atoms with Gasteiger partial charge in [-0.3, -0.25) is 0 Å². The average molecular weight is 396 g/mol. The molecule has 0 saturated carbocycles. The summed E-state index contributed by atoms with van der Waals surface area (Å²) in [6, 6.07) is 27.8. The maximum atomic E-state index is 5.72. The highest BCUT2D eigenvalue weighted by Crippen LogP contribution is 2.29. The molecule has 0 amide bonds. The summed E-state index contributed by atoms with van der Waals surface area (Å²) in [4.78, 5) is 4.78. The van der Waals surface area contributed by atoms with Crippen LogP contribution in [0.5, 0.6) is 5.75 Å². The van der Waals surface area contributed by atoms with Gasteiger partial charge in [-0.2, -0.15) is 0 Å². The Bertz CT molecular complexity index is 1070. The summed E-state index contributed by atoms with van der Waals surface area (Å²) < 4.78 is 5.72. The van der Waals surface area contributed by atoms with Crippen molar-refractivity contribution in [3.63, 3.8) is 0 Å². The van der Waals surface area contributed by atoms with E-state index in [1.807, 2.05) is 84.9 Å². The molecule has 30 heavy (non-hydrogen) atoms. The Labute approximate surface area is 176 Å². The molecule has 0 atom stereocenters. The molecular formula is C25H24N4O. The van der Waals surface area contributed by atoms with E-state index in [9.17, 15) is 0 Å². The van der Waals surface area contributed by atoms with Gasteiger partial charge in [0.05, 0.1) is 6.61 Å². The van der Waals surface area contributed by atoms with E-state index >= 15 is 0 Å². The number of nitrogens with zero attached hydrogens (tertiary/aromatic N) is 3. The normalized spacial score (nSPS) is 10.6. The predicted molar refractivity (Wildman–Crippen MR) is 121 cm³/mol. The molecule has 1 aromatic heterocycles. The Morgan fingerprint density at radius 1 is 0.733 bits per heavy atom. The molecule has 3 aromatic carbocycles. The number of unbranched alkanes of at least 4 members (excludes halogenated alkanes) is 1. The molecule has 1 N–H and O–H groups in total. The molecule has 0 aliphatic rings. The lowest BCUT2D eigenvalue weighted by atomic mass is 10.0. The van der Waals surface area contributed by atoms with Crippen molar-refractivity contribution in [1.29, 1.82) is 0 Å². The number of aromatic nitrogens is 3. The first-order valence-electron chi connectivity index (χ1n) is 10.2. The largest absolute Gasteiger partial charge is 0.494 e. The van der Waals surface area contributed by atoms with Gasteiger partial charge in [0.2, 0.25) is 5.95 Å². The highest BCUT2D eigenvalue weighted by molar-refractivity contribution is 5.78. The van der Waals surface area contributed by atoms with Crippen molar-refractivity contribution in [2.45, 2.75) is 19.8 Å². The van der Waals surface area contributed by atoms with Crippen molar-refractivity contribution < 1.29 is 4.74 Å². The minimum Gasteiger partial charge on any atom is -0.494 e. The van der Waals surface area contributed by atoms with Crippen molar-refractivity contribution in [3.8, 4) is 28.3 Å². The van der Waals surface area contributed by atoms with E-state index in [1.165, 1.54) is 0 Å². The van der Waals surface area contributed by atoms with E-state index < -0.39 is 0 Å². The summed E-state index contributed by atoms with van der Waals surface area (Å²) in [5.74, 6) is 1.31. The summed E-state index contributed by atoms with van der Waals surface area (Å²) in [6.07, 6.45) is 2.17. The van der Waals surface area contributed by atoms with E-state index in [0.717, 1.165) is 53.4 Å². The van der Waals surface area contributed by atoms with Crippen LogP contribution in [0.25, 0.3) is 22.5 Å². The summed E-state index contributed by atoms with van der Waals surface area (Å²) >= 11 is 0. The van der Waals surface area contributed by atoms with Crippen molar-refractivity contribution in [2.75, 3.05) is 11.9 Å². The van der Waals surface area contributed by atoms with E-state index in [2.05, 4.69) is 22.4 Å². The third-order valence-corrected chi connectivity index (χ3v) is 4.66. The van der Waals surface area contributed by atoms with Crippen molar-refractivity contribution in [3.05, 3.63) is 84.9 Å². The first-order valence-corrected chi connectivity index (χ1v) is 10.2. The molecule has 1 heterocycles. The van der Waals surface area contributed by atoms with Crippen LogP contribution in [-0.2, 0) is 0 Å². The highest BCUT2D eigenvalue weighted by atomic mass is 16.5. The van der Waals surface area contributed by atoms with Crippen LogP contribution in [0.1, 0.15) is 19.8 Å². The fourth-order valence-electron chi connectivity index (χ4n) is 3.06. The van der Waals surface area contributed by atoms with Crippen LogP contribution in [0, 0.1) is 0 Å². The Morgan fingerprint density at radius 3 is 2.00 bits per heavy atom. The van der Waals surface area contributed by atoms with Crippen molar-refractivity contribution in [2.24, 2.45) is 0 Å². The molecule has 4 aromatic rings. The van der Waals surface area contributed by atoms with Gasteiger partial charge >= 0.3 is 0 Å². The van der Waals surface area contributed by atoms with Gasteiger partial charge in [-0.15, -0.1) is 10.2 Å². The van der Waals surface area contributed by atoms with Crippen LogP contribution < -0.4 is 10.1 Å². The second-order valence-electron chi connectivity index (χ2n) is 6.92. The number of hydrogen-bond acceptors (Lipinski definition) is 5. The Balaban J connectivity index is 1.60. The molecule has 0 unspecified atom stereocenters. The van der Waals surface area contributed by atoms with Crippen LogP contribution in [-0.4, -0.2) is 21.8 Å². The van der Waals surface area contributed by atoms with E-state index in [0.29, 0.717) is 5.95 Å². The zero-order chi connectivity index (χ0) is 20.6. The zero-order valence-corrected chi connectivity index (χ0v) is 17.0. The molecule has 0 spiro atoms. The Kier molecular flexibility index (Phi) is 6.30. The summed E-state index contributed by atoms with van der Waals surface area (Å²) in [7, 11) is 0. The molecule has 5 nitrogen and oxygen atoms in total. The number of rotatable bonds is 8. The van der Waals surface area contributed by atoms with Crippen molar-refractivity contribution >= 4 is 11.6 Å². The van der Waals surface area contributed by atoms with Crippen LogP contribution in [0.3, 0.4) is 0 Å². The maximum absolute atomic E-state index is 5.72. The number of nitrogens with one attached hydrogen (secondary N) is 1. The van der Waals surface area contributed by atoms with Crippen LogP contribution >= 0.6 is 0 Å². The van der Waals surface area contributed by atoms with Gasteiger partial charge in [0, 0.05) is 16.8 Å². The summed E-state index contributed by atoms with van der Waals surface area (Å²) in [6.45, 7) is 2.88. The molecular weight excluding hydrogens is 372 g/mol. The summed E-state index contributed by atoms with van der Waals surface area (Å²) in [5.41, 5.74) is 4.41.